The van der Waals surface area contributed by atoms with Gasteiger partial charge in [-0.25, -0.2) is 4.39 Å². The van der Waals surface area contributed by atoms with Crippen molar-refractivity contribution in [3.05, 3.63) is 34.1 Å². The average Bonchev–Trinajstić information content (AvgIpc) is 3.17. The van der Waals surface area contributed by atoms with Crippen LogP contribution in [0.5, 0.6) is 0 Å². The number of rotatable bonds is 4. The van der Waals surface area contributed by atoms with Crippen molar-refractivity contribution < 1.29 is 14.0 Å². The summed E-state index contributed by atoms with van der Waals surface area (Å²) in [5.74, 6) is -0.320. The molecule has 0 radical (unpaired) electrons. The summed E-state index contributed by atoms with van der Waals surface area (Å²) < 4.78 is 13.6. The molecule has 2 heterocycles. The van der Waals surface area contributed by atoms with Crippen molar-refractivity contribution >= 4 is 35.8 Å². The number of nitrogens with one attached hydrogen (secondary N) is 2. The lowest BCUT2D eigenvalue weighted by Crippen LogP contribution is -2.46. The Bertz CT molecular complexity index is 696. The van der Waals surface area contributed by atoms with Gasteiger partial charge in [-0.05, 0) is 62.8 Å². The minimum Gasteiger partial charge on any atom is -0.354 e. The van der Waals surface area contributed by atoms with Crippen LogP contribution in [0.2, 0.25) is 5.02 Å². The second-order valence-electron chi connectivity index (χ2n) is 7.23. The van der Waals surface area contributed by atoms with E-state index in [2.05, 4.69) is 10.6 Å². The summed E-state index contributed by atoms with van der Waals surface area (Å²) in [6.45, 7) is 4.30. The molecule has 1 aromatic carbocycles. The minimum absolute atomic E-state index is 0. The van der Waals surface area contributed by atoms with Gasteiger partial charge < -0.3 is 15.5 Å². The Morgan fingerprint density at radius 3 is 2.81 bits per heavy atom. The standard InChI is InChI=1S/C19H25ClFN3O2.ClH/c1-12-8-14(15(20)9-16(12)21)19(26)24-7-3-4-13(11-24)10-23-18(25)17-5-2-6-22-17;/h8-9,13,17,22H,2-7,10-11H2,1H3,(H,23,25);1H. The second-order valence-corrected chi connectivity index (χ2v) is 7.64. The van der Waals surface area contributed by atoms with Crippen molar-refractivity contribution in [2.75, 3.05) is 26.2 Å². The van der Waals surface area contributed by atoms with Crippen molar-refractivity contribution in [2.24, 2.45) is 5.92 Å². The summed E-state index contributed by atoms with van der Waals surface area (Å²) in [5, 5.41) is 6.33. The molecule has 0 bridgehead atoms. The molecule has 2 saturated heterocycles. The lowest BCUT2D eigenvalue weighted by Gasteiger charge is -2.33. The molecule has 2 amide bonds. The fourth-order valence-electron chi connectivity index (χ4n) is 3.68. The zero-order valence-corrected chi connectivity index (χ0v) is 17.0. The Hall–Kier alpha value is -1.37. The van der Waals surface area contributed by atoms with Crippen LogP contribution in [0.15, 0.2) is 12.1 Å². The minimum atomic E-state index is -0.411. The van der Waals surface area contributed by atoms with Crippen LogP contribution in [0.3, 0.4) is 0 Å². The molecule has 2 fully saturated rings. The third kappa shape index (κ3) is 5.33. The second kappa shape index (κ2) is 9.71. The molecule has 0 spiro atoms. The maximum absolute atomic E-state index is 13.6. The van der Waals surface area contributed by atoms with Crippen LogP contribution in [0.25, 0.3) is 0 Å². The van der Waals surface area contributed by atoms with E-state index in [0.717, 1.165) is 32.2 Å². The van der Waals surface area contributed by atoms with Gasteiger partial charge in [0.15, 0.2) is 0 Å². The molecule has 2 atom stereocenters. The fraction of sp³-hybridized carbons (Fsp3) is 0.579. The number of benzene rings is 1. The lowest BCUT2D eigenvalue weighted by molar-refractivity contribution is -0.123. The predicted molar refractivity (Wildman–Crippen MR) is 106 cm³/mol. The normalized spacial score (nSPS) is 22.3. The molecule has 0 saturated carbocycles. The molecular formula is C19H26Cl2FN3O2. The molecule has 2 aliphatic rings. The largest absolute Gasteiger partial charge is 0.354 e. The quantitative estimate of drug-likeness (QED) is 0.791. The van der Waals surface area contributed by atoms with Gasteiger partial charge in [0.25, 0.3) is 5.91 Å². The van der Waals surface area contributed by atoms with Gasteiger partial charge in [0.2, 0.25) is 5.91 Å². The topological polar surface area (TPSA) is 61.4 Å². The van der Waals surface area contributed by atoms with Crippen molar-refractivity contribution in [1.29, 1.82) is 0 Å². The molecule has 3 rings (SSSR count). The first-order chi connectivity index (χ1) is 12.5. The summed E-state index contributed by atoms with van der Waals surface area (Å²) in [6, 6.07) is 2.62. The maximum atomic E-state index is 13.6. The van der Waals surface area contributed by atoms with Crippen LogP contribution in [0.4, 0.5) is 4.39 Å². The summed E-state index contributed by atoms with van der Waals surface area (Å²) in [4.78, 5) is 26.7. The molecule has 2 N–H and O–H groups in total. The van der Waals surface area contributed by atoms with E-state index in [-0.39, 0.29) is 41.2 Å². The number of nitrogens with zero attached hydrogens (tertiary/aromatic N) is 1. The number of halogens is 3. The van der Waals surface area contributed by atoms with Crippen LogP contribution in [0, 0.1) is 18.7 Å². The van der Waals surface area contributed by atoms with Gasteiger partial charge in [-0.15, -0.1) is 12.4 Å². The molecule has 5 nitrogen and oxygen atoms in total. The third-order valence-electron chi connectivity index (χ3n) is 5.23. The molecule has 150 valence electrons. The van der Waals surface area contributed by atoms with E-state index in [1.807, 2.05) is 0 Å². The number of aryl methyl sites for hydroxylation is 1. The molecule has 2 unspecified atom stereocenters. The van der Waals surface area contributed by atoms with E-state index in [0.29, 0.717) is 30.8 Å². The average molecular weight is 418 g/mol. The van der Waals surface area contributed by atoms with Crippen LogP contribution in [0.1, 0.15) is 41.6 Å². The van der Waals surface area contributed by atoms with Gasteiger partial charge in [0.05, 0.1) is 16.6 Å². The number of likely N-dealkylation sites (tertiary alicyclic amines) is 1. The van der Waals surface area contributed by atoms with E-state index < -0.39 is 5.82 Å². The fourth-order valence-corrected chi connectivity index (χ4v) is 3.92. The highest BCUT2D eigenvalue weighted by Gasteiger charge is 2.28. The first kappa shape index (κ1) is 21.9. The van der Waals surface area contributed by atoms with E-state index >= 15 is 0 Å². The van der Waals surface area contributed by atoms with Gasteiger partial charge in [-0.2, -0.15) is 0 Å². The molecule has 0 aromatic heterocycles. The van der Waals surface area contributed by atoms with Crippen LogP contribution >= 0.6 is 24.0 Å². The number of carbonyl (C=O) groups excluding carboxylic acids is 2. The number of piperidine rings is 1. The lowest BCUT2D eigenvalue weighted by atomic mass is 9.97. The van der Waals surface area contributed by atoms with E-state index in [1.165, 1.54) is 12.1 Å². The SMILES string of the molecule is Cc1cc(C(=O)N2CCCC(CNC(=O)C3CCCN3)C2)c(Cl)cc1F.Cl. The first-order valence-corrected chi connectivity index (χ1v) is 9.59. The van der Waals surface area contributed by atoms with Gasteiger partial charge in [-0.1, -0.05) is 11.6 Å². The van der Waals surface area contributed by atoms with Gasteiger partial charge in [0.1, 0.15) is 5.82 Å². The number of hydrogen-bond donors (Lipinski definition) is 2. The Labute approximate surface area is 170 Å². The summed E-state index contributed by atoms with van der Waals surface area (Å²) in [5.41, 5.74) is 0.744. The molecule has 2 aliphatic heterocycles. The zero-order chi connectivity index (χ0) is 18.7. The summed E-state index contributed by atoms with van der Waals surface area (Å²) >= 11 is 6.08. The van der Waals surface area contributed by atoms with Crippen LogP contribution < -0.4 is 10.6 Å². The van der Waals surface area contributed by atoms with Gasteiger partial charge >= 0.3 is 0 Å². The summed E-state index contributed by atoms with van der Waals surface area (Å²) in [6.07, 6.45) is 3.76. The maximum Gasteiger partial charge on any atom is 0.255 e. The highest BCUT2D eigenvalue weighted by Crippen LogP contribution is 2.24. The van der Waals surface area contributed by atoms with Crippen LogP contribution in [-0.2, 0) is 4.79 Å². The molecule has 8 heteroatoms. The smallest absolute Gasteiger partial charge is 0.255 e. The monoisotopic (exact) mass is 417 g/mol. The van der Waals surface area contributed by atoms with E-state index in [9.17, 15) is 14.0 Å². The highest BCUT2D eigenvalue weighted by molar-refractivity contribution is 6.33. The van der Waals surface area contributed by atoms with Crippen molar-refractivity contribution in [1.82, 2.24) is 15.5 Å². The Morgan fingerprint density at radius 1 is 1.33 bits per heavy atom. The third-order valence-corrected chi connectivity index (χ3v) is 5.54. The van der Waals surface area contributed by atoms with E-state index in [1.54, 1.807) is 11.8 Å². The Balaban J connectivity index is 0.00000261. The zero-order valence-electron chi connectivity index (χ0n) is 15.4. The van der Waals surface area contributed by atoms with Crippen molar-refractivity contribution in [3.63, 3.8) is 0 Å². The number of amides is 2. The van der Waals surface area contributed by atoms with Gasteiger partial charge in [-0.3, -0.25) is 9.59 Å². The van der Waals surface area contributed by atoms with Crippen LogP contribution in [-0.4, -0.2) is 48.9 Å². The number of carbonyl (C=O) groups is 2. The highest BCUT2D eigenvalue weighted by atomic mass is 35.5. The predicted octanol–water partition coefficient (Wildman–Crippen LogP) is 2.93. The molecule has 1 aromatic rings. The number of hydrogen-bond acceptors (Lipinski definition) is 3. The summed E-state index contributed by atoms with van der Waals surface area (Å²) in [7, 11) is 0. The molecule has 0 aliphatic carbocycles. The molecular weight excluding hydrogens is 392 g/mol. The van der Waals surface area contributed by atoms with Gasteiger partial charge in [0, 0.05) is 19.6 Å². The first-order valence-electron chi connectivity index (χ1n) is 9.21. The molecule has 27 heavy (non-hydrogen) atoms. The van der Waals surface area contributed by atoms with Crippen molar-refractivity contribution in [3.8, 4) is 0 Å². The van der Waals surface area contributed by atoms with Crippen molar-refractivity contribution in [2.45, 2.75) is 38.6 Å². The Morgan fingerprint density at radius 2 is 2.11 bits per heavy atom. The Kier molecular flexibility index (Phi) is 7.89. The van der Waals surface area contributed by atoms with E-state index in [4.69, 9.17) is 11.6 Å².